The first kappa shape index (κ1) is 12.1. The van der Waals surface area contributed by atoms with Crippen LogP contribution in [0.3, 0.4) is 0 Å². The zero-order valence-corrected chi connectivity index (χ0v) is 10.2. The molecule has 3 nitrogen and oxygen atoms in total. The predicted octanol–water partition coefficient (Wildman–Crippen LogP) is 1.73. The van der Waals surface area contributed by atoms with Crippen molar-refractivity contribution in [3.63, 3.8) is 0 Å². The van der Waals surface area contributed by atoms with Crippen LogP contribution in [0.15, 0.2) is 18.3 Å². The Morgan fingerprint density at radius 2 is 2.00 bits per heavy atom. The fraction of sp³-hybridized carbons (Fsp3) is 0.583. The highest BCUT2D eigenvalue weighted by molar-refractivity contribution is 5.18. The van der Waals surface area contributed by atoms with E-state index in [1.54, 1.807) is 0 Å². The topological polar surface area (TPSA) is 19.4 Å². The van der Waals surface area contributed by atoms with E-state index in [-0.39, 0.29) is 0 Å². The third kappa shape index (κ3) is 3.61. The number of hydrogen-bond acceptors (Lipinski definition) is 3. The Morgan fingerprint density at radius 3 is 2.60 bits per heavy atom. The van der Waals surface area contributed by atoms with E-state index in [0.717, 1.165) is 25.2 Å². The van der Waals surface area contributed by atoms with Crippen LogP contribution in [0.4, 0.5) is 0 Å². The summed E-state index contributed by atoms with van der Waals surface area (Å²) in [6.07, 6.45) is 2.90. The average molecular weight is 207 g/mol. The Labute approximate surface area is 92.7 Å². The van der Waals surface area contributed by atoms with E-state index < -0.39 is 0 Å². The Morgan fingerprint density at radius 1 is 1.27 bits per heavy atom. The van der Waals surface area contributed by atoms with Crippen molar-refractivity contribution in [1.82, 2.24) is 15.0 Å². The molecule has 1 aromatic rings. The maximum atomic E-state index is 4.29. The van der Waals surface area contributed by atoms with Crippen molar-refractivity contribution in [2.45, 2.75) is 20.3 Å². The Hall–Kier alpha value is -0.930. The lowest BCUT2D eigenvalue weighted by atomic mass is 10.1. The van der Waals surface area contributed by atoms with Crippen LogP contribution < -0.4 is 0 Å². The summed E-state index contributed by atoms with van der Waals surface area (Å²) in [6, 6.07) is 4.16. The monoisotopic (exact) mass is 207 g/mol. The van der Waals surface area contributed by atoms with E-state index in [4.69, 9.17) is 0 Å². The number of likely N-dealkylation sites (N-methyl/N-ethyl adjacent to an activating group) is 1. The molecule has 0 fully saturated rings. The van der Waals surface area contributed by atoms with Crippen molar-refractivity contribution in [1.29, 1.82) is 0 Å². The molecule has 0 saturated carbocycles. The first-order valence-corrected chi connectivity index (χ1v) is 5.47. The average Bonchev–Trinajstić information content (AvgIpc) is 2.26. The van der Waals surface area contributed by atoms with Gasteiger partial charge in [0.15, 0.2) is 0 Å². The van der Waals surface area contributed by atoms with Crippen LogP contribution in [0.1, 0.15) is 18.2 Å². The Bertz CT molecular complexity index is 299. The molecule has 0 radical (unpaired) electrons. The zero-order chi connectivity index (χ0) is 11.3. The lowest BCUT2D eigenvalue weighted by Gasteiger charge is -2.27. The minimum absolute atomic E-state index is 1.04. The Balaban J connectivity index is 2.47. The summed E-state index contributed by atoms with van der Waals surface area (Å²) in [5.41, 5.74) is 2.49. The quantitative estimate of drug-likeness (QED) is 0.685. The summed E-state index contributed by atoms with van der Waals surface area (Å²) < 4.78 is 0. The van der Waals surface area contributed by atoms with Gasteiger partial charge in [-0.2, -0.15) is 0 Å². The fourth-order valence-corrected chi connectivity index (χ4v) is 1.48. The molecule has 0 saturated heterocycles. The number of rotatable bonds is 5. The molecule has 84 valence electrons. The second-order valence-corrected chi connectivity index (χ2v) is 3.85. The lowest BCUT2D eigenvalue weighted by molar-refractivity contribution is 0.0341. The predicted molar refractivity (Wildman–Crippen MR) is 63.6 cm³/mol. The van der Waals surface area contributed by atoms with E-state index in [0.29, 0.717) is 0 Å². The van der Waals surface area contributed by atoms with Gasteiger partial charge in [-0.3, -0.25) is 4.98 Å². The lowest BCUT2D eigenvalue weighted by Crippen LogP contribution is -2.37. The molecule has 0 unspecified atom stereocenters. The third-order valence-electron chi connectivity index (χ3n) is 2.86. The van der Waals surface area contributed by atoms with Gasteiger partial charge in [0, 0.05) is 39.1 Å². The number of aryl methyl sites for hydroxylation is 1. The van der Waals surface area contributed by atoms with Gasteiger partial charge in [0.1, 0.15) is 0 Å². The Kier molecular flexibility index (Phi) is 4.72. The molecule has 0 amide bonds. The molecule has 1 heterocycles. The molecular weight excluding hydrogens is 186 g/mol. The SMILES string of the molecule is CCN(C)N(C)CCc1cccnc1C. The molecule has 15 heavy (non-hydrogen) atoms. The molecule has 0 aliphatic rings. The van der Waals surface area contributed by atoms with Crippen molar-refractivity contribution in [3.8, 4) is 0 Å². The van der Waals surface area contributed by atoms with E-state index in [2.05, 4.69) is 49.0 Å². The van der Waals surface area contributed by atoms with Crippen LogP contribution in [0, 0.1) is 6.92 Å². The van der Waals surface area contributed by atoms with E-state index in [9.17, 15) is 0 Å². The molecule has 1 rings (SSSR count). The smallest absolute Gasteiger partial charge is 0.0405 e. The highest BCUT2D eigenvalue weighted by atomic mass is 15.6. The highest BCUT2D eigenvalue weighted by Gasteiger charge is 2.04. The van der Waals surface area contributed by atoms with E-state index >= 15 is 0 Å². The first-order chi connectivity index (χ1) is 7.15. The zero-order valence-electron chi connectivity index (χ0n) is 10.2. The van der Waals surface area contributed by atoms with Gasteiger partial charge in [-0.25, -0.2) is 10.0 Å². The molecular formula is C12H21N3. The number of hydrazine groups is 1. The summed E-state index contributed by atoms with van der Waals surface area (Å²) in [5, 5.41) is 4.46. The molecule has 0 spiro atoms. The van der Waals surface area contributed by atoms with Crippen LogP contribution in [0.25, 0.3) is 0 Å². The van der Waals surface area contributed by atoms with Crippen LogP contribution >= 0.6 is 0 Å². The minimum atomic E-state index is 1.04. The van der Waals surface area contributed by atoms with Gasteiger partial charge < -0.3 is 0 Å². The summed E-state index contributed by atoms with van der Waals surface area (Å²) in [7, 11) is 4.23. The second-order valence-electron chi connectivity index (χ2n) is 3.85. The highest BCUT2D eigenvalue weighted by Crippen LogP contribution is 2.05. The third-order valence-corrected chi connectivity index (χ3v) is 2.86. The number of nitrogens with zero attached hydrogens (tertiary/aromatic N) is 3. The molecule has 3 heteroatoms. The molecule has 0 bridgehead atoms. The van der Waals surface area contributed by atoms with E-state index in [1.807, 2.05) is 12.3 Å². The van der Waals surface area contributed by atoms with Gasteiger partial charge in [0.05, 0.1) is 0 Å². The summed E-state index contributed by atoms with van der Waals surface area (Å²) in [4.78, 5) is 4.29. The second kappa shape index (κ2) is 5.83. The van der Waals surface area contributed by atoms with Gasteiger partial charge in [0.25, 0.3) is 0 Å². The normalized spacial score (nSPS) is 11.3. The number of pyridine rings is 1. The molecule has 0 N–H and O–H groups in total. The maximum Gasteiger partial charge on any atom is 0.0405 e. The maximum absolute atomic E-state index is 4.29. The van der Waals surface area contributed by atoms with Crippen molar-refractivity contribution in [2.75, 3.05) is 27.2 Å². The van der Waals surface area contributed by atoms with Gasteiger partial charge >= 0.3 is 0 Å². The molecule has 1 aromatic heterocycles. The molecule has 0 aliphatic carbocycles. The summed E-state index contributed by atoms with van der Waals surface area (Å²) in [6.45, 7) is 6.31. The number of hydrogen-bond donors (Lipinski definition) is 0. The minimum Gasteiger partial charge on any atom is -0.261 e. The van der Waals surface area contributed by atoms with Gasteiger partial charge in [-0.1, -0.05) is 13.0 Å². The molecule has 0 aliphatic heterocycles. The number of aromatic nitrogens is 1. The van der Waals surface area contributed by atoms with Gasteiger partial charge in [-0.15, -0.1) is 0 Å². The van der Waals surface area contributed by atoms with Crippen molar-refractivity contribution < 1.29 is 0 Å². The van der Waals surface area contributed by atoms with E-state index in [1.165, 1.54) is 5.56 Å². The first-order valence-electron chi connectivity index (χ1n) is 5.47. The molecule has 0 aromatic carbocycles. The summed E-state index contributed by atoms with van der Waals surface area (Å²) in [5.74, 6) is 0. The van der Waals surface area contributed by atoms with Crippen LogP contribution in [0.2, 0.25) is 0 Å². The van der Waals surface area contributed by atoms with Gasteiger partial charge in [0.2, 0.25) is 0 Å². The van der Waals surface area contributed by atoms with Crippen LogP contribution in [0.5, 0.6) is 0 Å². The van der Waals surface area contributed by atoms with Crippen molar-refractivity contribution >= 4 is 0 Å². The summed E-state index contributed by atoms with van der Waals surface area (Å²) >= 11 is 0. The standard InChI is InChI=1S/C12H21N3/c1-5-14(3)15(4)10-8-12-7-6-9-13-11(12)2/h6-7,9H,5,8,10H2,1-4H3. The van der Waals surface area contributed by atoms with Crippen LogP contribution in [-0.4, -0.2) is 42.2 Å². The van der Waals surface area contributed by atoms with Crippen LogP contribution in [-0.2, 0) is 6.42 Å². The van der Waals surface area contributed by atoms with Gasteiger partial charge in [-0.05, 0) is 25.0 Å². The molecule has 0 atom stereocenters. The van der Waals surface area contributed by atoms with Crippen molar-refractivity contribution in [3.05, 3.63) is 29.6 Å². The largest absolute Gasteiger partial charge is 0.261 e. The van der Waals surface area contributed by atoms with Crippen molar-refractivity contribution in [2.24, 2.45) is 0 Å². The fourth-order valence-electron chi connectivity index (χ4n) is 1.48.